The summed E-state index contributed by atoms with van der Waals surface area (Å²) in [6.45, 7) is 4.20. The summed E-state index contributed by atoms with van der Waals surface area (Å²) >= 11 is 0. The first-order valence-electron chi connectivity index (χ1n) is 7.07. The summed E-state index contributed by atoms with van der Waals surface area (Å²) in [5, 5.41) is 10.3. The van der Waals surface area contributed by atoms with Gasteiger partial charge in [-0.25, -0.2) is 4.98 Å². The van der Waals surface area contributed by atoms with Gasteiger partial charge in [0.1, 0.15) is 0 Å². The van der Waals surface area contributed by atoms with Gasteiger partial charge in [-0.05, 0) is 18.4 Å². The van der Waals surface area contributed by atoms with E-state index < -0.39 is 0 Å². The fourth-order valence-corrected chi connectivity index (χ4v) is 3.32. The molecule has 0 fully saturated rings. The van der Waals surface area contributed by atoms with E-state index in [0.29, 0.717) is 0 Å². The van der Waals surface area contributed by atoms with E-state index in [2.05, 4.69) is 40.7 Å². The van der Waals surface area contributed by atoms with Crippen LogP contribution in [-0.4, -0.2) is 20.8 Å². The van der Waals surface area contributed by atoms with Crippen molar-refractivity contribution in [3.63, 3.8) is 0 Å². The van der Waals surface area contributed by atoms with Crippen LogP contribution in [0, 0.1) is 5.92 Å². The lowest BCUT2D eigenvalue weighted by molar-refractivity contribution is 0.0804. The number of aliphatic hydroxyl groups excluding tert-OH is 1. The highest BCUT2D eigenvalue weighted by molar-refractivity contribution is 5.69. The average Bonchev–Trinajstić information content (AvgIpc) is 3.02. The van der Waals surface area contributed by atoms with Crippen LogP contribution in [0.4, 0.5) is 0 Å². The number of benzene rings is 1. The minimum Gasteiger partial charge on any atom is -0.393 e. The van der Waals surface area contributed by atoms with Crippen LogP contribution in [0.15, 0.2) is 36.8 Å². The Bertz CT molecular complexity index is 576. The lowest BCUT2D eigenvalue weighted by atomic mass is 9.85. The summed E-state index contributed by atoms with van der Waals surface area (Å²) in [7, 11) is 0. The molecular formula is C16H20N2O. The Kier molecular flexibility index (Phi) is 3.15. The maximum absolute atomic E-state index is 10.3. The number of nitrogens with zero attached hydrogens (tertiary/aromatic N) is 2. The van der Waals surface area contributed by atoms with Crippen molar-refractivity contribution in [3.05, 3.63) is 42.4 Å². The molecule has 1 aliphatic heterocycles. The third-order valence-electron chi connectivity index (χ3n) is 4.31. The second-order valence-corrected chi connectivity index (χ2v) is 5.27. The minimum atomic E-state index is -0.267. The average molecular weight is 256 g/mol. The molecule has 0 saturated heterocycles. The lowest BCUT2D eigenvalue weighted by Gasteiger charge is -2.28. The number of imidazole rings is 1. The highest BCUT2D eigenvalue weighted by Gasteiger charge is 2.35. The fraction of sp³-hybridized carbons (Fsp3) is 0.438. The molecule has 3 nitrogen and oxygen atoms in total. The molecule has 0 radical (unpaired) electrons. The first kappa shape index (κ1) is 12.4. The molecule has 1 aromatic carbocycles. The predicted octanol–water partition coefficient (Wildman–Crippen LogP) is 3.25. The van der Waals surface area contributed by atoms with Gasteiger partial charge in [-0.15, -0.1) is 0 Å². The quantitative estimate of drug-likeness (QED) is 0.912. The molecule has 2 aromatic rings. The van der Waals surface area contributed by atoms with E-state index in [-0.39, 0.29) is 18.1 Å². The number of hydrogen-bond acceptors (Lipinski definition) is 2. The third-order valence-corrected chi connectivity index (χ3v) is 4.31. The van der Waals surface area contributed by atoms with Crippen molar-refractivity contribution in [2.75, 3.05) is 0 Å². The van der Waals surface area contributed by atoms with Crippen molar-refractivity contribution in [1.82, 2.24) is 9.55 Å². The molecule has 3 atom stereocenters. The number of aliphatic hydroxyl groups is 1. The molecule has 1 aliphatic rings. The van der Waals surface area contributed by atoms with E-state index in [4.69, 9.17) is 0 Å². The van der Waals surface area contributed by atoms with E-state index in [1.807, 2.05) is 19.4 Å². The molecule has 100 valence electrons. The van der Waals surface area contributed by atoms with Crippen molar-refractivity contribution in [2.45, 2.75) is 38.8 Å². The van der Waals surface area contributed by atoms with Gasteiger partial charge in [-0.2, -0.15) is 0 Å². The normalized spacial score (nSPS) is 19.8. The van der Waals surface area contributed by atoms with E-state index in [1.54, 1.807) is 0 Å². The summed E-state index contributed by atoms with van der Waals surface area (Å²) < 4.78 is 2.22. The first-order chi connectivity index (χ1) is 9.27. The Labute approximate surface area is 113 Å². The minimum absolute atomic E-state index is 0.216. The van der Waals surface area contributed by atoms with Crippen molar-refractivity contribution in [1.29, 1.82) is 0 Å². The summed E-state index contributed by atoms with van der Waals surface area (Å²) in [5.74, 6) is 0.238. The molecule has 0 saturated carbocycles. The summed E-state index contributed by atoms with van der Waals surface area (Å²) in [4.78, 5) is 4.28. The number of aromatic nitrogens is 2. The number of fused-ring (bicyclic) bond motifs is 3. The molecule has 1 N–H and O–H groups in total. The van der Waals surface area contributed by atoms with Gasteiger partial charge in [0, 0.05) is 11.5 Å². The fourth-order valence-electron chi connectivity index (χ4n) is 3.32. The standard InChI is InChI=1S/C16H20N2O/c1-3-11(15(19)4-2)16-13-8-6-5-7-12(13)14-9-17-10-18(14)16/h5-11,15-16,19H,3-4H2,1-2H3. The number of rotatable bonds is 4. The number of hydrogen-bond donors (Lipinski definition) is 1. The van der Waals surface area contributed by atoms with Crippen molar-refractivity contribution in [2.24, 2.45) is 5.92 Å². The van der Waals surface area contributed by atoms with Gasteiger partial charge in [-0.3, -0.25) is 0 Å². The zero-order chi connectivity index (χ0) is 13.4. The largest absolute Gasteiger partial charge is 0.393 e. The highest BCUT2D eigenvalue weighted by atomic mass is 16.3. The zero-order valence-electron chi connectivity index (χ0n) is 11.5. The van der Waals surface area contributed by atoms with Crippen LogP contribution < -0.4 is 0 Å². The van der Waals surface area contributed by atoms with Crippen molar-refractivity contribution < 1.29 is 5.11 Å². The Hall–Kier alpha value is -1.61. The molecule has 3 unspecified atom stereocenters. The second kappa shape index (κ2) is 4.82. The van der Waals surface area contributed by atoms with E-state index >= 15 is 0 Å². The Morgan fingerprint density at radius 2 is 2.05 bits per heavy atom. The van der Waals surface area contributed by atoms with Crippen LogP contribution in [0.1, 0.15) is 38.3 Å². The van der Waals surface area contributed by atoms with Gasteiger partial charge in [0.25, 0.3) is 0 Å². The van der Waals surface area contributed by atoms with Crippen LogP contribution >= 0.6 is 0 Å². The van der Waals surface area contributed by atoms with E-state index in [0.717, 1.165) is 12.8 Å². The molecule has 0 aliphatic carbocycles. The lowest BCUT2D eigenvalue weighted by Crippen LogP contribution is -2.28. The summed E-state index contributed by atoms with van der Waals surface area (Å²) in [6, 6.07) is 8.69. The maximum atomic E-state index is 10.3. The first-order valence-corrected chi connectivity index (χ1v) is 7.07. The third kappa shape index (κ3) is 1.80. The molecule has 3 heteroatoms. The van der Waals surface area contributed by atoms with Gasteiger partial charge in [0.2, 0.25) is 0 Å². The van der Waals surface area contributed by atoms with Gasteiger partial charge >= 0.3 is 0 Å². The van der Waals surface area contributed by atoms with Crippen LogP contribution in [-0.2, 0) is 0 Å². The van der Waals surface area contributed by atoms with Crippen LogP contribution in [0.3, 0.4) is 0 Å². The molecule has 0 bridgehead atoms. The maximum Gasteiger partial charge on any atom is 0.0956 e. The van der Waals surface area contributed by atoms with Crippen molar-refractivity contribution >= 4 is 0 Å². The van der Waals surface area contributed by atoms with Gasteiger partial charge in [0.15, 0.2) is 0 Å². The van der Waals surface area contributed by atoms with E-state index in [1.165, 1.54) is 16.8 Å². The molecule has 0 amide bonds. The summed E-state index contributed by atoms with van der Waals surface area (Å²) in [6.07, 6.45) is 5.30. The zero-order valence-corrected chi connectivity index (χ0v) is 11.5. The molecule has 0 spiro atoms. The van der Waals surface area contributed by atoms with Crippen LogP contribution in [0.25, 0.3) is 11.3 Å². The van der Waals surface area contributed by atoms with Crippen LogP contribution in [0.2, 0.25) is 0 Å². The smallest absolute Gasteiger partial charge is 0.0956 e. The topological polar surface area (TPSA) is 38.1 Å². The van der Waals surface area contributed by atoms with Gasteiger partial charge in [-0.1, -0.05) is 38.1 Å². The SMILES string of the molecule is CCC(O)C(CC)C1c2ccccc2-c2cncn21. The Morgan fingerprint density at radius 1 is 1.26 bits per heavy atom. The Balaban J connectivity index is 2.11. The highest BCUT2D eigenvalue weighted by Crippen LogP contribution is 2.44. The van der Waals surface area contributed by atoms with Gasteiger partial charge < -0.3 is 9.67 Å². The van der Waals surface area contributed by atoms with Crippen LogP contribution in [0.5, 0.6) is 0 Å². The Morgan fingerprint density at radius 3 is 2.79 bits per heavy atom. The molecule has 3 rings (SSSR count). The second-order valence-electron chi connectivity index (χ2n) is 5.27. The predicted molar refractivity (Wildman–Crippen MR) is 75.9 cm³/mol. The molecular weight excluding hydrogens is 236 g/mol. The van der Waals surface area contributed by atoms with E-state index in [9.17, 15) is 5.11 Å². The molecule has 19 heavy (non-hydrogen) atoms. The van der Waals surface area contributed by atoms with Crippen molar-refractivity contribution in [3.8, 4) is 11.3 Å². The van der Waals surface area contributed by atoms with Gasteiger partial charge in [0.05, 0.1) is 30.4 Å². The summed E-state index contributed by atoms with van der Waals surface area (Å²) in [5.41, 5.74) is 3.74. The molecule has 1 aromatic heterocycles. The monoisotopic (exact) mass is 256 g/mol. The molecule has 2 heterocycles.